The number of nitrogens with one attached hydrogen (secondary N) is 2. The van der Waals surface area contributed by atoms with Gasteiger partial charge < -0.3 is 20.6 Å². The average molecular weight is 381 g/mol. The summed E-state index contributed by atoms with van der Waals surface area (Å²) in [7, 11) is 0. The predicted octanol–water partition coefficient (Wildman–Crippen LogP) is 3.58. The molecule has 0 unspecified atom stereocenters. The van der Waals surface area contributed by atoms with Crippen molar-refractivity contribution >= 4 is 29.3 Å². The second-order valence-corrected chi connectivity index (χ2v) is 6.88. The summed E-state index contributed by atoms with van der Waals surface area (Å²) >= 11 is 0. The van der Waals surface area contributed by atoms with Gasteiger partial charge in [-0.2, -0.15) is 0 Å². The molecule has 2 aromatic rings. The Bertz CT molecular complexity index is 874. The van der Waals surface area contributed by atoms with Crippen molar-refractivity contribution in [2.45, 2.75) is 19.8 Å². The summed E-state index contributed by atoms with van der Waals surface area (Å²) in [5, 5.41) is 14.7. The number of amides is 3. The highest BCUT2D eigenvalue weighted by molar-refractivity contribution is 6.05. The molecule has 3 amide bonds. The van der Waals surface area contributed by atoms with E-state index in [4.69, 9.17) is 5.11 Å². The van der Waals surface area contributed by atoms with Crippen LogP contribution in [0, 0.1) is 12.8 Å². The van der Waals surface area contributed by atoms with E-state index in [1.54, 1.807) is 35.2 Å². The molecule has 146 valence electrons. The minimum Gasteiger partial charge on any atom is -0.481 e. The molecule has 1 aliphatic rings. The first kappa shape index (κ1) is 19.4. The number of piperidine rings is 1. The van der Waals surface area contributed by atoms with E-state index in [2.05, 4.69) is 10.6 Å². The van der Waals surface area contributed by atoms with Crippen molar-refractivity contribution in [2.75, 3.05) is 23.7 Å². The highest BCUT2D eigenvalue weighted by Crippen LogP contribution is 2.21. The second-order valence-electron chi connectivity index (χ2n) is 6.88. The minimum atomic E-state index is -0.812. The predicted molar refractivity (Wildman–Crippen MR) is 107 cm³/mol. The first-order chi connectivity index (χ1) is 13.4. The molecule has 7 nitrogen and oxygen atoms in total. The van der Waals surface area contributed by atoms with Gasteiger partial charge in [-0.15, -0.1) is 0 Å². The van der Waals surface area contributed by atoms with E-state index in [1.807, 2.05) is 25.1 Å². The number of carboxylic acid groups (broad SMARTS) is 1. The number of hydrogen-bond donors (Lipinski definition) is 3. The van der Waals surface area contributed by atoms with Crippen LogP contribution in [0.5, 0.6) is 0 Å². The fourth-order valence-corrected chi connectivity index (χ4v) is 3.15. The van der Waals surface area contributed by atoms with Gasteiger partial charge in [-0.05, 0) is 49.6 Å². The van der Waals surface area contributed by atoms with Gasteiger partial charge in [0, 0.05) is 30.0 Å². The van der Waals surface area contributed by atoms with Crippen LogP contribution in [-0.4, -0.2) is 41.0 Å². The number of carbonyl (C=O) groups is 3. The topological polar surface area (TPSA) is 98.7 Å². The number of hydrogen-bond acceptors (Lipinski definition) is 3. The van der Waals surface area contributed by atoms with Crippen LogP contribution in [0.1, 0.15) is 28.8 Å². The van der Waals surface area contributed by atoms with E-state index < -0.39 is 11.9 Å². The number of urea groups is 1. The normalized spacial score (nSPS) is 14.4. The lowest BCUT2D eigenvalue weighted by molar-refractivity contribution is -0.143. The van der Waals surface area contributed by atoms with Crippen molar-refractivity contribution in [3.63, 3.8) is 0 Å². The number of likely N-dealkylation sites (tertiary alicyclic amines) is 1. The van der Waals surface area contributed by atoms with Gasteiger partial charge in [0.1, 0.15) is 0 Å². The second kappa shape index (κ2) is 8.56. The molecule has 0 bridgehead atoms. The van der Waals surface area contributed by atoms with E-state index in [1.165, 1.54) is 0 Å². The number of para-hydroxylation sites is 1. The maximum atomic E-state index is 12.5. The highest BCUT2D eigenvalue weighted by atomic mass is 16.4. The Kier molecular flexibility index (Phi) is 5.93. The zero-order chi connectivity index (χ0) is 20.1. The molecule has 3 N–H and O–H groups in total. The first-order valence-corrected chi connectivity index (χ1v) is 9.20. The van der Waals surface area contributed by atoms with Crippen LogP contribution in [0.3, 0.4) is 0 Å². The van der Waals surface area contributed by atoms with Gasteiger partial charge in [0.25, 0.3) is 5.91 Å². The van der Waals surface area contributed by atoms with Crippen molar-refractivity contribution in [2.24, 2.45) is 5.92 Å². The van der Waals surface area contributed by atoms with Crippen LogP contribution in [-0.2, 0) is 4.79 Å². The summed E-state index contributed by atoms with van der Waals surface area (Å²) in [6.45, 7) is 2.65. The molecule has 0 atom stereocenters. The number of nitrogens with zero attached hydrogens (tertiary/aromatic N) is 1. The van der Waals surface area contributed by atoms with Gasteiger partial charge in [0.05, 0.1) is 5.92 Å². The van der Waals surface area contributed by atoms with Crippen LogP contribution in [0.4, 0.5) is 16.2 Å². The maximum Gasteiger partial charge on any atom is 0.321 e. The third-order valence-electron chi connectivity index (χ3n) is 4.90. The Balaban J connectivity index is 1.65. The lowest BCUT2D eigenvalue weighted by Gasteiger charge is -2.30. The molecule has 1 saturated heterocycles. The maximum absolute atomic E-state index is 12.5. The van der Waals surface area contributed by atoms with Crippen LogP contribution in [0.15, 0.2) is 48.5 Å². The molecule has 1 heterocycles. The molecular weight excluding hydrogens is 358 g/mol. The number of rotatable bonds is 4. The third kappa shape index (κ3) is 4.68. The lowest BCUT2D eigenvalue weighted by Crippen LogP contribution is -2.42. The summed E-state index contributed by atoms with van der Waals surface area (Å²) in [4.78, 5) is 37.7. The summed E-state index contributed by atoms with van der Waals surface area (Å²) in [6.07, 6.45) is 0.891. The quantitative estimate of drug-likeness (QED) is 0.754. The number of benzene rings is 2. The lowest BCUT2D eigenvalue weighted by atomic mass is 9.97. The Morgan fingerprint density at radius 3 is 2.32 bits per heavy atom. The van der Waals surface area contributed by atoms with E-state index in [0.717, 1.165) is 5.56 Å². The molecule has 0 saturated carbocycles. The van der Waals surface area contributed by atoms with Gasteiger partial charge in [-0.1, -0.05) is 24.3 Å². The molecule has 3 rings (SSSR count). The number of carbonyl (C=O) groups excluding carboxylic acids is 2. The van der Waals surface area contributed by atoms with Crippen molar-refractivity contribution in [3.8, 4) is 0 Å². The fourth-order valence-electron chi connectivity index (χ4n) is 3.15. The number of aliphatic carboxylic acids is 1. The van der Waals surface area contributed by atoms with Gasteiger partial charge >= 0.3 is 12.0 Å². The van der Waals surface area contributed by atoms with Gasteiger partial charge in [-0.25, -0.2) is 4.79 Å². The van der Waals surface area contributed by atoms with E-state index >= 15 is 0 Å². The van der Waals surface area contributed by atoms with Crippen molar-refractivity contribution < 1.29 is 19.5 Å². The minimum absolute atomic E-state index is 0.260. The van der Waals surface area contributed by atoms with Crippen molar-refractivity contribution in [1.29, 1.82) is 0 Å². The number of anilines is 2. The van der Waals surface area contributed by atoms with Crippen LogP contribution in [0.2, 0.25) is 0 Å². The van der Waals surface area contributed by atoms with E-state index in [-0.39, 0.29) is 11.9 Å². The standard InChI is InChI=1S/C21H23N3O4/c1-14-7-8-16(19(25)22-17-5-3-2-4-6-17)13-18(14)23-21(28)24-11-9-15(10-12-24)20(26)27/h2-8,13,15H,9-12H2,1H3,(H,22,25)(H,23,28)(H,26,27). The van der Waals surface area contributed by atoms with Crippen LogP contribution in [0.25, 0.3) is 0 Å². The molecule has 1 fully saturated rings. The smallest absolute Gasteiger partial charge is 0.321 e. The molecule has 1 aliphatic heterocycles. The van der Waals surface area contributed by atoms with E-state index in [0.29, 0.717) is 42.9 Å². The Morgan fingerprint density at radius 1 is 1.00 bits per heavy atom. The summed E-state index contributed by atoms with van der Waals surface area (Å²) in [5.74, 6) is -1.46. The van der Waals surface area contributed by atoms with Gasteiger partial charge in [-0.3, -0.25) is 9.59 Å². The number of carboxylic acids is 1. The van der Waals surface area contributed by atoms with Gasteiger partial charge in [0.2, 0.25) is 0 Å². The molecule has 0 aliphatic carbocycles. The zero-order valence-electron chi connectivity index (χ0n) is 15.6. The Morgan fingerprint density at radius 2 is 1.68 bits per heavy atom. The van der Waals surface area contributed by atoms with Crippen molar-refractivity contribution in [1.82, 2.24) is 4.90 Å². The zero-order valence-corrected chi connectivity index (χ0v) is 15.6. The Hall–Kier alpha value is -3.35. The molecular formula is C21H23N3O4. The largest absolute Gasteiger partial charge is 0.481 e. The Labute approximate surface area is 163 Å². The molecule has 0 aromatic heterocycles. The highest BCUT2D eigenvalue weighted by Gasteiger charge is 2.27. The molecule has 7 heteroatoms. The monoisotopic (exact) mass is 381 g/mol. The van der Waals surface area contributed by atoms with Gasteiger partial charge in [0.15, 0.2) is 0 Å². The fraction of sp³-hybridized carbons (Fsp3) is 0.286. The molecule has 0 spiro atoms. The summed E-state index contributed by atoms with van der Waals surface area (Å²) in [6, 6.07) is 14.0. The number of aryl methyl sites for hydroxylation is 1. The first-order valence-electron chi connectivity index (χ1n) is 9.20. The third-order valence-corrected chi connectivity index (χ3v) is 4.90. The van der Waals surface area contributed by atoms with Crippen molar-refractivity contribution in [3.05, 3.63) is 59.7 Å². The SMILES string of the molecule is Cc1ccc(C(=O)Nc2ccccc2)cc1NC(=O)N1CCC(C(=O)O)CC1. The van der Waals surface area contributed by atoms with Crippen LogP contribution >= 0.6 is 0 Å². The average Bonchev–Trinajstić information content (AvgIpc) is 2.70. The van der Waals surface area contributed by atoms with Crippen LogP contribution < -0.4 is 10.6 Å². The molecule has 28 heavy (non-hydrogen) atoms. The summed E-state index contributed by atoms with van der Waals surface area (Å²) < 4.78 is 0. The summed E-state index contributed by atoms with van der Waals surface area (Å²) in [5.41, 5.74) is 2.53. The molecule has 2 aromatic carbocycles. The van der Waals surface area contributed by atoms with E-state index in [9.17, 15) is 14.4 Å². The molecule has 0 radical (unpaired) electrons.